The first-order chi connectivity index (χ1) is 13.9. The van der Waals surface area contributed by atoms with Gasteiger partial charge in [-0.15, -0.1) is 0 Å². The first-order valence-electron chi connectivity index (χ1n) is 9.47. The molecule has 8 heteroatoms. The Hall–Kier alpha value is -2.84. The van der Waals surface area contributed by atoms with Crippen LogP contribution in [-0.2, 0) is 4.74 Å². The highest BCUT2D eigenvalue weighted by molar-refractivity contribution is 7.16. The Labute approximate surface area is 176 Å². The Morgan fingerprint density at radius 1 is 1.31 bits per heavy atom. The Bertz CT molecular complexity index is 894. The van der Waals surface area contributed by atoms with Gasteiger partial charge in [0.2, 0.25) is 0 Å². The molecule has 1 fully saturated rings. The van der Waals surface area contributed by atoms with Crippen molar-refractivity contribution in [1.82, 2.24) is 4.98 Å². The highest BCUT2D eigenvalue weighted by Crippen LogP contribution is 2.29. The molecule has 0 bridgehead atoms. The molecule has 0 unspecified atom stereocenters. The predicted octanol–water partition coefficient (Wildman–Crippen LogP) is 3.31. The highest BCUT2D eigenvalue weighted by atomic mass is 32.1. The minimum absolute atomic E-state index is 0.543. The minimum atomic E-state index is 0.543. The summed E-state index contributed by atoms with van der Waals surface area (Å²) in [6.07, 6.45) is 3.44. The van der Waals surface area contributed by atoms with Crippen molar-refractivity contribution in [1.29, 1.82) is 0 Å². The standard InChI is InChI=1S/C21H28N6OS/c1-15-20(29-21(24-15)27-11-13-28-14-12-27)19(22)9-10-23-16(2)25-17-5-7-18(8-6-17)26(3)4/h5-10,25H,2,11-14,22H2,1,3-4H3/b19-9-,23-10-. The maximum absolute atomic E-state index is 6.26. The van der Waals surface area contributed by atoms with E-state index in [9.17, 15) is 0 Å². The molecule has 2 heterocycles. The topological polar surface area (TPSA) is 79.0 Å². The first kappa shape index (κ1) is 20.9. The summed E-state index contributed by atoms with van der Waals surface area (Å²) >= 11 is 1.60. The van der Waals surface area contributed by atoms with Crippen molar-refractivity contribution in [3.8, 4) is 0 Å². The maximum atomic E-state index is 6.26. The molecule has 154 valence electrons. The number of thiazole rings is 1. The number of benzene rings is 1. The van der Waals surface area contributed by atoms with Crippen LogP contribution < -0.4 is 20.9 Å². The van der Waals surface area contributed by atoms with E-state index >= 15 is 0 Å². The molecule has 29 heavy (non-hydrogen) atoms. The number of rotatable bonds is 7. The number of anilines is 3. The summed E-state index contributed by atoms with van der Waals surface area (Å²) in [7, 11) is 4.02. The third kappa shape index (κ3) is 5.58. The number of nitrogens with zero attached hydrogens (tertiary/aromatic N) is 4. The Balaban J connectivity index is 1.60. The Morgan fingerprint density at radius 2 is 2.00 bits per heavy atom. The van der Waals surface area contributed by atoms with Crippen molar-refractivity contribution in [3.05, 3.63) is 53.3 Å². The van der Waals surface area contributed by atoms with E-state index in [1.165, 1.54) is 0 Å². The van der Waals surface area contributed by atoms with Crippen LogP contribution in [0, 0.1) is 6.92 Å². The van der Waals surface area contributed by atoms with Crippen LogP contribution in [0.25, 0.3) is 5.70 Å². The van der Waals surface area contributed by atoms with Gasteiger partial charge in [-0.3, -0.25) is 0 Å². The van der Waals surface area contributed by atoms with E-state index in [1.807, 2.05) is 45.3 Å². The first-order valence-corrected chi connectivity index (χ1v) is 10.3. The zero-order valence-corrected chi connectivity index (χ0v) is 18.0. The molecule has 3 N–H and O–H groups in total. The van der Waals surface area contributed by atoms with Crippen LogP contribution in [0.3, 0.4) is 0 Å². The molecule has 0 spiro atoms. The van der Waals surface area contributed by atoms with Gasteiger partial charge in [0.1, 0.15) is 5.82 Å². The van der Waals surface area contributed by atoms with Crippen LogP contribution in [-0.4, -0.2) is 51.6 Å². The van der Waals surface area contributed by atoms with Crippen LogP contribution >= 0.6 is 11.3 Å². The van der Waals surface area contributed by atoms with Crippen LogP contribution in [0.5, 0.6) is 0 Å². The van der Waals surface area contributed by atoms with Gasteiger partial charge in [-0.05, 0) is 37.3 Å². The van der Waals surface area contributed by atoms with Crippen LogP contribution in [0.2, 0.25) is 0 Å². The average molecular weight is 413 g/mol. The molecule has 3 rings (SSSR count). The van der Waals surface area contributed by atoms with Gasteiger partial charge in [0.25, 0.3) is 0 Å². The number of allylic oxidation sites excluding steroid dienone is 1. The van der Waals surface area contributed by atoms with E-state index in [2.05, 4.69) is 31.7 Å². The number of hydrogen-bond acceptors (Lipinski definition) is 8. The van der Waals surface area contributed by atoms with Gasteiger partial charge in [0, 0.05) is 44.8 Å². The molecule has 0 radical (unpaired) electrons. The van der Waals surface area contributed by atoms with Crippen LogP contribution in [0.15, 0.2) is 47.7 Å². The van der Waals surface area contributed by atoms with Crippen molar-refractivity contribution < 1.29 is 4.74 Å². The van der Waals surface area contributed by atoms with Crippen molar-refractivity contribution in [3.63, 3.8) is 0 Å². The van der Waals surface area contributed by atoms with Gasteiger partial charge >= 0.3 is 0 Å². The van der Waals surface area contributed by atoms with E-state index in [0.717, 1.165) is 53.4 Å². The fourth-order valence-electron chi connectivity index (χ4n) is 2.86. The molecular formula is C21H28N6OS. The van der Waals surface area contributed by atoms with Crippen molar-refractivity contribution in [2.45, 2.75) is 6.92 Å². The van der Waals surface area contributed by atoms with E-state index in [4.69, 9.17) is 10.5 Å². The monoisotopic (exact) mass is 412 g/mol. The van der Waals surface area contributed by atoms with Gasteiger partial charge in [-0.25, -0.2) is 9.98 Å². The second-order valence-corrected chi connectivity index (χ2v) is 7.90. The number of nitrogens with two attached hydrogens (primary N) is 1. The number of ether oxygens (including phenoxy) is 1. The Kier molecular flexibility index (Phi) is 6.90. The SMILES string of the molecule is C=C(/N=C\C=C(/N)c1sc(N2CCOCC2)nc1C)Nc1ccc(N(C)C)cc1. The van der Waals surface area contributed by atoms with Gasteiger partial charge in [-0.1, -0.05) is 17.9 Å². The average Bonchev–Trinajstić information content (AvgIpc) is 3.11. The summed E-state index contributed by atoms with van der Waals surface area (Å²) in [5.41, 5.74) is 9.91. The molecule has 1 aromatic heterocycles. The molecule has 2 aromatic rings. The molecule has 1 aliphatic rings. The molecule has 0 saturated carbocycles. The summed E-state index contributed by atoms with van der Waals surface area (Å²) < 4.78 is 5.41. The summed E-state index contributed by atoms with van der Waals surface area (Å²) in [6, 6.07) is 8.06. The second kappa shape index (κ2) is 9.58. The number of hydrogen-bond donors (Lipinski definition) is 2. The Morgan fingerprint density at radius 3 is 2.66 bits per heavy atom. The van der Waals surface area contributed by atoms with E-state index in [-0.39, 0.29) is 0 Å². The largest absolute Gasteiger partial charge is 0.397 e. The van der Waals surface area contributed by atoms with Gasteiger partial charge in [-0.2, -0.15) is 0 Å². The number of aromatic nitrogens is 1. The minimum Gasteiger partial charge on any atom is -0.397 e. The number of aryl methyl sites for hydroxylation is 1. The molecule has 0 aliphatic carbocycles. The van der Waals surface area contributed by atoms with E-state index in [0.29, 0.717) is 11.5 Å². The van der Waals surface area contributed by atoms with Gasteiger partial charge in [0.15, 0.2) is 5.13 Å². The zero-order valence-electron chi connectivity index (χ0n) is 17.2. The normalized spacial score (nSPS) is 15.0. The molecule has 0 amide bonds. The molecule has 1 aliphatic heterocycles. The predicted molar refractivity (Wildman–Crippen MR) is 124 cm³/mol. The number of aliphatic imine (C=N–C) groups is 1. The van der Waals surface area contributed by atoms with Gasteiger partial charge < -0.3 is 25.6 Å². The lowest BCUT2D eigenvalue weighted by Crippen LogP contribution is -2.36. The molecule has 1 saturated heterocycles. The number of nitrogens with one attached hydrogen (secondary N) is 1. The summed E-state index contributed by atoms with van der Waals surface area (Å²) in [5, 5.41) is 4.16. The second-order valence-electron chi connectivity index (χ2n) is 6.92. The quantitative estimate of drug-likeness (QED) is 0.680. The highest BCUT2D eigenvalue weighted by Gasteiger charge is 2.17. The number of morpholine rings is 1. The third-order valence-electron chi connectivity index (χ3n) is 4.49. The van der Waals surface area contributed by atoms with Crippen molar-refractivity contribution in [2.24, 2.45) is 10.7 Å². The van der Waals surface area contributed by atoms with E-state index in [1.54, 1.807) is 23.6 Å². The fourth-order valence-corrected chi connectivity index (χ4v) is 3.92. The summed E-state index contributed by atoms with van der Waals surface area (Å²) in [4.78, 5) is 14.2. The zero-order chi connectivity index (χ0) is 20.8. The summed E-state index contributed by atoms with van der Waals surface area (Å²) in [5.74, 6) is 0.543. The lowest BCUT2D eigenvalue weighted by molar-refractivity contribution is 0.122. The lowest BCUT2D eigenvalue weighted by Gasteiger charge is -2.26. The van der Waals surface area contributed by atoms with Gasteiger partial charge in [0.05, 0.1) is 29.5 Å². The van der Waals surface area contributed by atoms with Crippen LogP contribution in [0.4, 0.5) is 16.5 Å². The lowest BCUT2D eigenvalue weighted by atomic mass is 10.2. The fraction of sp³-hybridized carbons (Fsp3) is 0.333. The smallest absolute Gasteiger partial charge is 0.186 e. The molecule has 0 atom stereocenters. The van der Waals surface area contributed by atoms with Crippen molar-refractivity contribution >= 4 is 39.8 Å². The van der Waals surface area contributed by atoms with Crippen molar-refractivity contribution in [2.75, 3.05) is 55.5 Å². The summed E-state index contributed by atoms with van der Waals surface area (Å²) in [6.45, 7) is 9.11. The molecular weight excluding hydrogens is 384 g/mol. The molecule has 1 aromatic carbocycles. The molecule has 7 nitrogen and oxygen atoms in total. The maximum Gasteiger partial charge on any atom is 0.186 e. The van der Waals surface area contributed by atoms with E-state index < -0.39 is 0 Å². The third-order valence-corrected chi connectivity index (χ3v) is 5.75. The van der Waals surface area contributed by atoms with Crippen LogP contribution in [0.1, 0.15) is 10.6 Å².